The zero-order valence-electron chi connectivity index (χ0n) is 11.4. The number of benzene rings is 2. The Morgan fingerprint density at radius 2 is 1.76 bits per heavy atom. The summed E-state index contributed by atoms with van der Waals surface area (Å²) in [5.41, 5.74) is 1.34. The van der Waals surface area contributed by atoms with E-state index in [-0.39, 0.29) is 5.91 Å². The zero-order valence-corrected chi connectivity index (χ0v) is 12.2. The van der Waals surface area contributed by atoms with Crippen molar-refractivity contribution in [3.05, 3.63) is 64.7 Å². The van der Waals surface area contributed by atoms with Gasteiger partial charge in [-0.05, 0) is 35.9 Å². The summed E-state index contributed by atoms with van der Waals surface area (Å²) in [6, 6.07) is 13.7. The van der Waals surface area contributed by atoms with E-state index in [0.717, 1.165) is 5.56 Å². The molecular formula is C16H14ClNO3. The third-order valence-electron chi connectivity index (χ3n) is 2.78. The number of hydrogen-bond donors (Lipinski definition) is 1. The second-order valence-corrected chi connectivity index (χ2v) is 4.80. The van der Waals surface area contributed by atoms with Crippen LogP contribution in [-0.2, 0) is 11.3 Å². The van der Waals surface area contributed by atoms with E-state index in [2.05, 4.69) is 5.32 Å². The minimum absolute atomic E-state index is 0.218. The van der Waals surface area contributed by atoms with Crippen molar-refractivity contribution in [3.8, 4) is 5.75 Å². The van der Waals surface area contributed by atoms with Crippen molar-refractivity contribution in [2.24, 2.45) is 0 Å². The Morgan fingerprint density at radius 1 is 1.10 bits per heavy atom. The highest BCUT2D eigenvalue weighted by molar-refractivity contribution is 6.31. The highest BCUT2D eigenvalue weighted by Crippen LogP contribution is 2.15. The van der Waals surface area contributed by atoms with Gasteiger partial charge < -0.3 is 10.1 Å². The normalized spacial score (nSPS) is 10.0. The van der Waals surface area contributed by atoms with Crippen LogP contribution in [0, 0.1) is 0 Å². The van der Waals surface area contributed by atoms with Gasteiger partial charge in [0.2, 0.25) is 0 Å². The van der Waals surface area contributed by atoms with Crippen LogP contribution in [0.4, 0.5) is 0 Å². The number of ether oxygens (including phenoxy) is 1. The summed E-state index contributed by atoms with van der Waals surface area (Å²) in [5.74, 6) is -0.208. The lowest BCUT2D eigenvalue weighted by molar-refractivity contribution is -0.131. The molecule has 0 aliphatic rings. The van der Waals surface area contributed by atoms with Crippen molar-refractivity contribution < 1.29 is 14.3 Å². The molecule has 1 N–H and O–H groups in total. The molecule has 21 heavy (non-hydrogen) atoms. The fourth-order valence-corrected chi connectivity index (χ4v) is 1.96. The molecule has 0 fully saturated rings. The van der Waals surface area contributed by atoms with Gasteiger partial charge >= 0.3 is 5.97 Å². The van der Waals surface area contributed by atoms with Gasteiger partial charge in [-0.25, -0.2) is 0 Å². The first-order valence-electron chi connectivity index (χ1n) is 6.36. The number of esters is 1. The van der Waals surface area contributed by atoms with Crippen molar-refractivity contribution in [1.29, 1.82) is 0 Å². The summed E-state index contributed by atoms with van der Waals surface area (Å²) in [4.78, 5) is 22.8. The molecule has 0 aliphatic carbocycles. The molecule has 0 aromatic heterocycles. The van der Waals surface area contributed by atoms with Crippen molar-refractivity contribution in [2.45, 2.75) is 13.5 Å². The molecule has 0 heterocycles. The largest absolute Gasteiger partial charge is 0.427 e. The predicted octanol–water partition coefficient (Wildman–Crippen LogP) is 3.20. The van der Waals surface area contributed by atoms with Crippen molar-refractivity contribution in [2.75, 3.05) is 0 Å². The smallest absolute Gasteiger partial charge is 0.308 e. The molecule has 0 saturated carbocycles. The van der Waals surface area contributed by atoms with E-state index in [1.54, 1.807) is 30.3 Å². The zero-order chi connectivity index (χ0) is 15.2. The average molecular weight is 304 g/mol. The van der Waals surface area contributed by atoms with E-state index in [1.165, 1.54) is 6.92 Å². The molecule has 2 rings (SSSR count). The van der Waals surface area contributed by atoms with Gasteiger partial charge in [-0.2, -0.15) is 0 Å². The number of rotatable bonds is 4. The quantitative estimate of drug-likeness (QED) is 0.697. The van der Waals surface area contributed by atoms with Crippen molar-refractivity contribution in [3.63, 3.8) is 0 Å². The Balaban J connectivity index is 1.97. The Kier molecular flexibility index (Phi) is 4.95. The van der Waals surface area contributed by atoms with Crippen LogP contribution in [-0.4, -0.2) is 11.9 Å². The molecule has 0 radical (unpaired) electrons. The maximum atomic E-state index is 12.0. The molecule has 0 atom stereocenters. The molecule has 108 valence electrons. The monoisotopic (exact) mass is 303 g/mol. The molecule has 0 bridgehead atoms. The summed E-state index contributed by atoms with van der Waals surface area (Å²) >= 11 is 6.02. The standard InChI is InChI=1S/C16H14ClNO3/c1-11(19)21-14-8-6-12(7-9-14)16(20)18-10-13-4-2-3-5-15(13)17/h2-9H,10H2,1H3,(H,18,20). The minimum atomic E-state index is -0.397. The first-order valence-corrected chi connectivity index (χ1v) is 6.74. The topological polar surface area (TPSA) is 55.4 Å². The van der Waals surface area contributed by atoms with Gasteiger partial charge in [-0.15, -0.1) is 0 Å². The van der Waals surface area contributed by atoms with E-state index < -0.39 is 5.97 Å². The molecule has 0 saturated heterocycles. The van der Waals surface area contributed by atoms with Gasteiger partial charge in [0.1, 0.15) is 5.75 Å². The maximum Gasteiger partial charge on any atom is 0.308 e. The Labute approximate surface area is 127 Å². The molecule has 2 aromatic carbocycles. The highest BCUT2D eigenvalue weighted by Gasteiger charge is 2.07. The van der Waals surface area contributed by atoms with E-state index in [1.807, 2.05) is 18.2 Å². The molecule has 5 heteroatoms. The van der Waals surface area contributed by atoms with Gasteiger partial charge in [0.05, 0.1) is 0 Å². The lowest BCUT2D eigenvalue weighted by Gasteiger charge is -2.07. The highest BCUT2D eigenvalue weighted by atomic mass is 35.5. The lowest BCUT2D eigenvalue weighted by atomic mass is 10.2. The number of halogens is 1. The summed E-state index contributed by atoms with van der Waals surface area (Å²) < 4.78 is 4.91. The number of carbonyl (C=O) groups is 2. The Hall–Kier alpha value is -2.33. The molecule has 0 aliphatic heterocycles. The fourth-order valence-electron chi connectivity index (χ4n) is 1.76. The first kappa shape index (κ1) is 15.1. The van der Waals surface area contributed by atoms with Crippen LogP contribution in [0.2, 0.25) is 5.02 Å². The Bertz CT molecular complexity index is 653. The van der Waals surface area contributed by atoms with E-state index in [4.69, 9.17) is 16.3 Å². The van der Waals surface area contributed by atoms with Crippen LogP contribution in [0.15, 0.2) is 48.5 Å². The van der Waals surface area contributed by atoms with E-state index in [9.17, 15) is 9.59 Å². The van der Waals surface area contributed by atoms with Crippen LogP contribution in [0.3, 0.4) is 0 Å². The third kappa shape index (κ3) is 4.33. The van der Waals surface area contributed by atoms with Crippen LogP contribution >= 0.6 is 11.6 Å². The second kappa shape index (κ2) is 6.90. The number of amides is 1. The van der Waals surface area contributed by atoms with Crippen LogP contribution < -0.4 is 10.1 Å². The van der Waals surface area contributed by atoms with Gasteiger partial charge in [0.15, 0.2) is 0 Å². The summed E-state index contributed by atoms with van der Waals surface area (Å²) in [6.45, 7) is 1.68. The molecule has 0 spiro atoms. The fraction of sp³-hybridized carbons (Fsp3) is 0.125. The third-order valence-corrected chi connectivity index (χ3v) is 3.14. The van der Waals surface area contributed by atoms with Crippen molar-refractivity contribution in [1.82, 2.24) is 5.32 Å². The van der Waals surface area contributed by atoms with Gasteiger partial charge in [0.25, 0.3) is 5.91 Å². The van der Waals surface area contributed by atoms with Gasteiger partial charge in [0, 0.05) is 24.1 Å². The average Bonchev–Trinajstić information content (AvgIpc) is 2.46. The lowest BCUT2D eigenvalue weighted by Crippen LogP contribution is -2.22. The van der Waals surface area contributed by atoms with E-state index in [0.29, 0.717) is 22.9 Å². The van der Waals surface area contributed by atoms with Crippen LogP contribution in [0.1, 0.15) is 22.8 Å². The number of nitrogens with one attached hydrogen (secondary N) is 1. The molecule has 0 unspecified atom stereocenters. The minimum Gasteiger partial charge on any atom is -0.427 e. The SMILES string of the molecule is CC(=O)Oc1ccc(C(=O)NCc2ccccc2Cl)cc1. The Morgan fingerprint density at radius 3 is 2.38 bits per heavy atom. The maximum absolute atomic E-state index is 12.0. The molecule has 1 amide bonds. The van der Waals surface area contributed by atoms with E-state index >= 15 is 0 Å². The van der Waals surface area contributed by atoms with Gasteiger partial charge in [-0.3, -0.25) is 9.59 Å². The second-order valence-electron chi connectivity index (χ2n) is 4.39. The van der Waals surface area contributed by atoms with Crippen LogP contribution in [0.5, 0.6) is 5.75 Å². The van der Waals surface area contributed by atoms with Gasteiger partial charge in [-0.1, -0.05) is 29.8 Å². The summed E-state index contributed by atoms with van der Waals surface area (Å²) in [7, 11) is 0. The summed E-state index contributed by atoms with van der Waals surface area (Å²) in [5, 5.41) is 3.40. The first-order chi connectivity index (χ1) is 10.1. The molecule has 4 nitrogen and oxygen atoms in total. The molecule has 2 aromatic rings. The summed E-state index contributed by atoms with van der Waals surface area (Å²) in [6.07, 6.45) is 0. The van der Waals surface area contributed by atoms with Crippen LogP contribution in [0.25, 0.3) is 0 Å². The predicted molar refractivity (Wildman–Crippen MR) is 80.4 cm³/mol. The number of hydrogen-bond acceptors (Lipinski definition) is 3. The molecular weight excluding hydrogens is 290 g/mol. The van der Waals surface area contributed by atoms with Crippen molar-refractivity contribution >= 4 is 23.5 Å². The number of carbonyl (C=O) groups excluding carboxylic acids is 2.